The molecule has 0 aromatic heterocycles. The van der Waals surface area contributed by atoms with Crippen molar-refractivity contribution in [1.29, 1.82) is 0 Å². The van der Waals surface area contributed by atoms with Crippen LogP contribution in [0.3, 0.4) is 0 Å². The molecule has 2 rings (SSSR count). The van der Waals surface area contributed by atoms with E-state index in [0.29, 0.717) is 6.42 Å². The molecule has 1 aliphatic carbocycles. The topological polar surface area (TPSA) is 63.6 Å². The summed E-state index contributed by atoms with van der Waals surface area (Å²) in [5.41, 5.74) is -1.20. The van der Waals surface area contributed by atoms with Gasteiger partial charge in [0.1, 0.15) is 0 Å². The second kappa shape index (κ2) is 2.97. The Morgan fingerprint density at radius 2 is 2.21 bits per heavy atom. The number of cyclic esters (lactones) is 1. The predicted octanol–water partition coefficient (Wildman–Crippen LogP) is 1.19. The molecule has 1 saturated heterocycles. The van der Waals surface area contributed by atoms with E-state index in [0.717, 1.165) is 19.3 Å². The molecule has 78 valence electrons. The smallest absolute Gasteiger partial charge is 0.348 e. The summed E-state index contributed by atoms with van der Waals surface area (Å²) in [4.78, 5) is 22.4. The Hall–Kier alpha value is -1.06. The fourth-order valence-electron chi connectivity index (χ4n) is 2.29. The number of carboxylic acid groups (broad SMARTS) is 1. The van der Waals surface area contributed by atoms with Gasteiger partial charge in [-0.1, -0.05) is 13.3 Å². The maximum Gasteiger partial charge on any atom is 0.348 e. The van der Waals surface area contributed by atoms with E-state index in [1.807, 2.05) is 0 Å². The summed E-state index contributed by atoms with van der Waals surface area (Å²) in [5, 5.41) is 9.16. The number of carboxylic acids is 1. The first kappa shape index (κ1) is 9.49. The molecule has 0 aromatic rings. The molecule has 4 heteroatoms. The maximum absolute atomic E-state index is 11.3. The van der Waals surface area contributed by atoms with Crippen LogP contribution in [0, 0.1) is 11.8 Å². The average molecular weight is 198 g/mol. The molecule has 2 unspecified atom stereocenters. The largest absolute Gasteiger partial charge is 0.478 e. The number of aliphatic carboxylic acids is 1. The van der Waals surface area contributed by atoms with Crippen molar-refractivity contribution in [1.82, 2.24) is 0 Å². The molecule has 4 nitrogen and oxygen atoms in total. The molecule has 1 aliphatic heterocycles. The Balaban J connectivity index is 2.24. The SMILES string of the molecule is CC1CC(C(=O)O)(C2CCC2)OC1=O. The Morgan fingerprint density at radius 1 is 1.57 bits per heavy atom. The highest BCUT2D eigenvalue weighted by Gasteiger charge is 2.57. The first-order valence-corrected chi connectivity index (χ1v) is 5.02. The third kappa shape index (κ3) is 1.13. The van der Waals surface area contributed by atoms with E-state index in [1.165, 1.54) is 0 Å². The van der Waals surface area contributed by atoms with Crippen molar-refractivity contribution in [2.75, 3.05) is 0 Å². The van der Waals surface area contributed by atoms with Crippen LogP contribution < -0.4 is 0 Å². The van der Waals surface area contributed by atoms with Crippen LogP contribution in [-0.4, -0.2) is 22.6 Å². The second-order valence-electron chi connectivity index (χ2n) is 4.35. The van der Waals surface area contributed by atoms with Gasteiger partial charge in [0.2, 0.25) is 5.60 Å². The lowest BCUT2D eigenvalue weighted by Crippen LogP contribution is -2.48. The van der Waals surface area contributed by atoms with E-state index in [1.54, 1.807) is 6.92 Å². The highest BCUT2D eigenvalue weighted by molar-refractivity contribution is 5.87. The van der Waals surface area contributed by atoms with Gasteiger partial charge in [0, 0.05) is 12.3 Å². The van der Waals surface area contributed by atoms with Gasteiger partial charge in [-0.2, -0.15) is 0 Å². The van der Waals surface area contributed by atoms with Crippen LogP contribution in [0.1, 0.15) is 32.6 Å². The number of esters is 1. The van der Waals surface area contributed by atoms with Gasteiger partial charge in [-0.3, -0.25) is 4.79 Å². The second-order valence-corrected chi connectivity index (χ2v) is 4.35. The molecule has 0 bridgehead atoms. The Morgan fingerprint density at radius 3 is 2.50 bits per heavy atom. The summed E-state index contributed by atoms with van der Waals surface area (Å²) < 4.78 is 5.09. The highest BCUT2D eigenvalue weighted by Crippen LogP contribution is 2.46. The molecule has 1 N–H and O–H groups in total. The first-order chi connectivity index (χ1) is 6.56. The van der Waals surface area contributed by atoms with Crippen LogP contribution >= 0.6 is 0 Å². The third-order valence-electron chi connectivity index (χ3n) is 3.42. The molecule has 14 heavy (non-hydrogen) atoms. The maximum atomic E-state index is 11.3. The summed E-state index contributed by atoms with van der Waals surface area (Å²) in [5.74, 6) is -1.57. The standard InChI is InChI=1S/C10H14O4/c1-6-5-10(9(12)13,14-8(6)11)7-3-2-4-7/h6-7H,2-5H2,1H3,(H,12,13). The molecular weight excluding hydrogens is 184 g/mol. The molecule has 1 heterocycles. The van der Waals surface area contributed by atoms with Crippen molar-refractivity contribution < 1.29 is 19.4 Å². The molecule has 0 radical (unpaired) electrons. The lowest BCUT2D eigenvalue weighted by atomic mass is 9.70. The normalized spacial score (nSPS) is 37.8. The first-order valence-electron chi connectivity index (χ1n) is 5.02. The molecule has 1 saturated carbocycles. The summed E-state index contributed by atoms with van der Waals surface area (Å²) in [7, 11) is 0. The van der Waals surface area contributed by atoms with E-state index in [2.05, 4.69) is 0 Å². The van der Waals surface area contributed by atoms with Gasteiger partial charge in [-0.15, -0.1) is 0 Å². The Kier molecular flexibility index (Phi) is 2.01. The van der Waals surface area contributed by atoms with Crippen LogP contribution in [0.2, 0.25) is 0 Å². The number of rotatable bonds is 2. The van der Waals surface area contributed by atoms with Crippen LogP contribution in [0.15, 0.2) is 0 Å². The van der Waals surface area contributed by atoms with Crippen molar-refractivity contribution >= 4 is 11.9 Å². The summed E-state index contributed by atoms with van der Waals surface area (Å²) in [6.07, 6.45) is 3.12. The van der Waals surface area contributed by atoms with Crippen LogP contribution in [0.4, 0.5) is 0 Å². The fraction of sp³-hybridized carbons (Fsp3) is 0.800. The third-order valence-corrected chi connectivity index (χ3v) is 3.42. The molecule has 0 amide bonds. The van der Waals surface area contributed by atoms with E-state index < -0.39 is 11.6 Å². The minimum Gasteiger partial charge on any atom is -0.478 e. The van der Waals surface area contributed by atoms with Gasteiger partial charge in [-0.05, 0) is 12.8 Å². The number of carbonyl (C=O) groups excluding carboxylic acids is 1. The number of hydrogen-bond donors (Lipinski definition) is 1. The summed E-state index contributed by atoms with van der Waals surface area (Å²) in [6, 6.07) is 0. The van der Waals surface area contributed by atoms with E-state index in [4.69, 9.17) is 9.84 Å². The van der Waals surface area contributed by atoms with Gasteiger partial charge >= 0.3 is 11.9 Å². The van der Waals surface area contributed by atoms with E-state index >= 15 is 0 Å². The van der Waals surface area contributed by atoms with Crippen LogP contribution in [0.5, 0.6) is 0 Å². The monoisotopic (exact) mass is 198 g/mol. The number of ether oxygens (including phenoxy) is 1. The zero-order chi connectivity index (χ0) is 10.3. The lowest BCUT2D eigenvalue weighted by Gasteiger charge is -2.37. The Labute approximate surface area is 82.2 Å². The Bertz CT molecular complexity index is 282. The summed E-state index contributed by atoms with van der Waals surface area (Å²) >= 11 is 0. The van der Waals surface area contributed by atoms with Gasteiger partial charge in [0.05, 0.1) is 5.92 Å². The number of carbonyl (C=O) groups is 2. The number of hydrogen-bond acceptors (Lipinski definition) is 3. The van der Waals surface area contributed by atoms with Crippen molar-refractivity contribution in [3.8, 4) is 0 Å². The van der Waals surface area contributed by atoms with Crippen molar-refractivity contribution in [2.45, 2.75) is 38.2 Å². The van der Waals surface area contributed by atoms with E-state index in [-0.39, 0.29) is 17.8 Å². The van der Waals surface area contributed by atoms with Crippen LogP contribution in [0.25, 0.3) is 0 Å². The zero-order valence-corrected chi connectivity index (χ0v) is 8.16. The van der Waals surface area contributed by atoms with Crippen molar-refractivity contribution in [2.24, 2.45) is 11.8 Å². The molecule has 2 aliphatic rings. The zero-order valence-electron chi connectivity index (χ0n) is 8.16. The fourth-order valence-corrected chi connectivity index (χ4v) is 2.29. The van der Waals surface area contributed by atoms with Gasteiger partial charge < -0.3 is 9.84 Å². The van der Waals surface area contributed by atoms with Crippen molar-refractivity contribution in [3.63, 3.8) is 0 Å². The van der Waals surface area contributed by atoms with Gasteiger partial charge in [0.25, 0.3) is 0 Å². The van der Waals surface area contributed by atoms with E-state index in [9.17, 15) is 9.59 Å². The minimum absolute atomic E-state index is 0.0360. The highest BCUT2D eigenvalue weighted by atomic mass is 16.6. The van der Waals surface area contributed by atoms with Crippen LogP contribution in [-0.2, 0) is 14.3 Å². The molecule has 0 spiro atoms. The predicted molar refractivity (Wildman–Crippen MR) is 47.6 cm³/mol. The lowest BCUT2D eigenvalue weighted by molar-refractivity contribution is -0.179. The molecule has 2 fully saturated rings. The molecule has 0 aromatic carbocycles. The van der Waals surface area contributed by atoms with Gasteiger partial charge in [0.15, 0.2) is 0 Å². The van der Waals surface area contributed by atoms with Crippen molar-refractivity contribution in [3.05, 3.63) is 0 Å². The quantitative estimate of drug-likeness (QED) is 0.677. The minimum atomic E-state index is -1.20. The van der Waals surface area contributed by atoms with Gasteiger partial charge in [-0.25, -0.2) is 4.79 Å². The molecule has 2 atom stereocenters. The average Bonchev–Trinajstić information content (AvgIpc) is 2.25. The molecular formula is C10H14O4. The summed E-state index contributed by atoms with van der Waals surface area (Å²) in [6.45, 7) is 1.73.